The van der Waals surface area contributed by atoms with E-state index in [-0.39, 0.29) is 21.8 Å². The summed E-state index contributed by atoms with van der Waals surface area (Å²) in [7, 11) is 1.43. The van der Waals surface area contributed by atoms with Crippen LogP contribution in [0.2, 0.25) is 5.02 Å². The molecule has 10 heteroatoms. The first-order chi connectivity index (χ1) is 14.1. The summed E-state index contributed by atoms with van der Waals surface area (Å²) in [6.07, 6.45) is -3.80. The van der Waals surface area contributed by atoms with Crippen molar-refractivity contribution < 1.29 is 27.1 Å². The van der Waals surface area contributed by atoms with Crippen LogP contribution in [0, 0.1) is 5.82 Å². The maximum atomic E-state index is 14.7. The van der Waals surface area contributed by atoms with Crippen molar-refractivity contribution >= 4 is 29.0 Å². The number of halogens is 5. The third kappa shape index (κ3) is 4.30. The number of ether oxygens (including phenoxy) is 1. The highest BCUT2D eigenvalue weighted by Crippen LogP contribution is 2.36. The summed E-state index contributed by atoms with van der Waals surface area (Å²) in [6.45, 7) is 0. The average molecular weight is 440 g/mol. The predicted molar refractivity (Wildman–Crippen MR) is 105 cm³/mol. The highest BCUT2D eigenvalue weighted by atomic mass is 35.5. The Hall–Kier alpha value is -3.33. The van der Waals surface area contributed by atoms with Gasteiger partial charge in [-0.2, -0.15) is 13.2 Å². The second kappa shape index (κ2) is 8.19. The number of nitrogens with zero attached hydrogens (tertiary/aromatic N) is 1. The Labute approximate surface area is 173 Å². The van der Waals surface area contributed by atoms with Crippen molar-refractivity contribution in [3.8, 4) is 16.9 Å². The Bertz CT molecular complexity index is 1120. The minimum atomic E-state index is -4.75. The molecule has 0 aliphatic rings. The lowest BCUT2D eigenvalue weighted by molar-refractivity contribution is -0.137. The minimum Gasteiger partial charge on any atom is -0.496 e. The zero-order chi connectivity index (χ0) is 22.1. The second-order valence-corrected chi connectivity index (χ2v) is 6.53. The van der Waals surface area contributed by atoms with Gasteiger partial charge < -0.3 is 15.8 Å². The molecular formula is C20H14ClF4N3O2. The molecule has 0 atom stereocenters. The van der Waals surface area contributed by atoms with E-state index in [1.165, 1.54) is 13.2 Å². The van der Waals surface area contributed by atoms with E-state index in [9.17, 15) is 22.4 Å². The summed E-state index contributed by atoms with van der Waals surface area (Å²) in [4.78, 5) is 15.9. The monoisotopic (exact) mass is 439 g/mol. The number of nitrogens with one attached hydrogen (secondary N) is 1. The normalized spacial score (nSPS) is 11.3. The van der Waals surface area contributed by atoms with Crippen molar-refractivity contribution in [2.45, 2.75) is 6.18 Å². The number of anilines is 2. The lowest BCUT2D eigenvalue weighted by Gasteiger charge is -2.13. The first kappa shape index (κ1) is 21.4. The third-order valence-corrected chi connectivity index (χ3v) is 4.49. The Morgan fingerprint density at radius 1 is 1.17 bits per heavy atom. The molecule has 0 spiro atoms. The third-order valence-electron chi connectivity index (χ3n) is 4.18. The van der Waals surface area contributed by atoms with Gasteiger partial charge in [0.15, 0.2) is 0 Å². The van der Waals surface area contributed by atoms with Gasteiger partial charge >= 0.3 is 6.18 Å². The highest BCUT2D eigenvalue weighted by molar-refractivity contribution is 6.34. The number of rotatable bonds is 4. The number of hydrogen-bond donors (Lipinski definition) is 2. The molecule has 3 N–H and O–H groups in total. The molecule has 0 bridgehead atoms. The van der Waals surface area contributed by atoms with Crippen LogP contribution < -0.4 is 15.8 Å². The fourth-order valence-corrected chi connectivity index (χ4v) is 3.01. The maximum Gasteiger partial charge on any atom is 0.420 e. The summed E-state index contributed by atoms with van der Waals surface area (Å²) < 4.78 is 58.8. The van der Waals surface area contributed by atoms with Gasteiger partial charge in [-0.25, -0.2) is 9.37 Å². The Morgan fingerprint density at radius 3 is 2.53 bits per heavy atom. The molecule has 3 rings (SSSR count). The van der Waals surface area contributed by atoms with E-state index in [0.717, 1.165) is 12.3 Å². The van der Waals surface area contributed by atoms with Gasteiger partial charge in [-0.3, -0.25) is 4.79 Å². The number of alkyl halides is 3. The van der Waals surface area contributed by atoms with Crippen LogP contribution in [0.25, 0.3) is 11.1 Å². The Kier molecular flexibility index (Phi) is 5.84. The molecule has 0 saturated carbocycles. The van der Waals surface area contributed by atoms with Gasteiger partial charge in [0.25, 0.3) is 5.91 Å². The summed E-state index contributed by atoms with van der Waals surface area (Å²) in [6, 6.07) is 9.41. The zero-order valence-electron chi connectivity index (χ0n) is 15.3. The van der Waals surface area contributed by atoms with Crippen LogP contribution in [0.4, 0.5) is 29.1 Å². The van der Waals surface area contributed by atoms with E-state index in [1.54, 1.807) is 24.3 Å². The van der Waals surface area contributed by atoms with Gasteiger partial charge in [-0.1, -0.05) is 29.8 Å². The Morgan fingerprint density at radius 2 is 1.87 bits per heavy atom. The predicted octanol–water partition coefficient (Wildman–Crippen LogP) is 5.40. The van der Waals surface area contributed by atoms with E-state index in [1.807, 2.05) is 0 Å². The molecule has 1 amide bonds. The minimum absolute atomic E-state index is 0.0995. The van der Waals surface area contributed by atoms with Crippen LogP contribution in [0.15, 0.2) is 48.7 Å². The van der Waals surface area contributed by atoms with Crippen LogP contribution in [0.3, 0.4) is 0 Å². The smallest absolute Gasteiger partial charge is 0.420 e. The molecule has 30 heavy (non-hydrogen) atoms. The molecule has 0 aliphatic heterocycles. The number of hydrogen-bond acceptors (Lipinski definition) is 4. The summed E-state index contributed by atoms with van der Waals surface area (Å²) in [5.41, 5.74) is 4.01. The second-order valence-electron chi connectivity index (χ2n) is 6.12. The van der Waals surface area contributed by atoms with Gasteiger partial charge in [0.05, 0.1) is 35.1 Å². The Balaban J connectivity index is 1.94. The van der Waals surface area contributed by atoms with Crippen molar-refractivity contribution in [3.05, 3.63) is 70.6 Å². The van der Waals surface area contributed by atoms with E-state index in [0.29, 0.717) is 17.4 Å². The molecule has 0 unspecified atom stereocenters. The number of amides is 1. The van der Waals surface area contributed by atoms with Crippen LogP contribution in [0.1, 0.15) is 15.9 Å². The number of carbonyl (C=O) groups is 1. The standard InChI is InChI=1S/C20H14ClF4N3O2/c1-30-17-5-3-2-4-11(17)12-7-15(21)13(8-16(12)22)19(29)28-10-6-14(20(23,24)25)18(26)27-9-10/h2-9H,1H3,(H2,26,27)(H,28,29). The number of carbonyl (C=O) groups excluding carboxylic acids is 1. The number of pyridine rings is 1. The molecule has 5 nitrogen and oxygen atoms in total. The number of aromatic nitrogens is 1. The van der Waals surface area contributed by atoms with E-state index >= 15 is 0 Å². The zero-order valence-corrected chi connectivity index (χ0v) is 16.1. The lowest BCUT2D eigenvalue weighted by Crippen LogP contribution is -2.16. The van der Waals surface area contributed by atoms with Crippen LogP contribution in [-0.4, -0.2) is 18.0 Å². The van der Waals surface area contributed by atoms with Gasteiger partial charge in [0.1, 0.15) is 17.4 Å². The SMILES string of the molecule is COc1ccccc1-c1cc(Cl)c(C(=O)Nc2cnc(N)c(C(F)(F)F)c2)cc1F. The highest BCUT2D eigenvalue weighted by Gasteiger charge is 2.34. The quantitative estimate of drug-likeness (QED) is 0.533. The molecule has 0 radical (unpaired) electrons. The molecule has 3 aromatic rings. The fraction of sp³-hybridized carbons (Fsp3) is 0.100. The fourth-order valence-electron chi connectivity index (χ4n) is 2.76. The topological polar surface area (TPSA) is 77.2 Å². The molecule has 0 fully saturated rings. The number of para-hydroxylation sites is 1. The number of nitrogens with two attached hydrogens (primary N) is 1. The van der Waals surface area contributed by atoms with Crippen molar-refractivity contribution in [2.24, 2.45) is 0 Å². The molecular weight excluding hydrogens is 426 g/mol. The largest absolute Gasteiger partial charge is 0.496 e. The first-order valence-electron chi connectivity index (χ1n) is 8.38. The van der Waals surface area contributed by atoms with Crippen molar-refractivity contribution in [3.63, 3.8) is 0 Å². The van der Waals surface area contributed by atoms with Crippen LogP contribution in [-0.2, 0) is 6.18 Å². The van der Waals surface area contributed by atoms with Crippen molar-refractivity contribution in [2.75, 3.05) is 18.2 Å². The van der Waals surface area contributed by atoms with Crippen LogP contribution in [0.5, 0.6) is 5.75 Å². The summed E-state index contributed by atoms with van der Waals surface area (Å²) in [5, 5.41) is 2.11. The maximum absolute atomic E-state index is 14.7. The van der Waals surface area contributed by atoms with Gasteiger partial charge in [0.2, 0.25) is 0 Å². The molecule has 0 saturated heterocycles. The van der Waals surface area contributed by atoms with Crippen LogP contribution >= 0.6 is 11.6 Å². The first-order valence-corrected chi connectivity index (χ1v) is 8.76. The summed E-state index contributed by atoms with van der Waals surface area (Å²) >= 11 is 6.15. The lowest BCUT2D eigenvalue weighted by atomic mass is 10.0. The van der Waals surface area contributed by atoms with Gasteiger partial charge in [-0.05, 0) is 24.3 Å². The number of benzene rings is 2. The molecule has 2 aromatic carbocycles. The average Bonchev–Trinajstić information content (AvgIpc) is 2.70. The van der Waals surface area contributed by atoms with E-state index in [2.05, 4.69) is 10.3 Å². The summed E-state index contributed by atoms with van der Waals surface area (Å²) in [5.74, 6) is -2.01. The van der Waals surface area contributed by atoms with E-state index < -0.39 is 29.3 Å². The molecule has 1 heterocycles. The van der Waals surface area contributed by atoms with Gasteiger partial charge in [0, 0.05) is 11.1 Å². The van der Waals surface area contributed by atoms with E-state index in [4.69, 9.17) is 22.1 Å². The van der Waals surface area contributed by atoms with Crippen molar-refractivity contribution in [1.29, 1.82) is 0 Å². The molecule has 1 aromatic heterocycles. The number of nitrogen functional groups attached to an aromatic ring is 1. The molecule has 0 aliphatic carbocycles. The molecule has 156 valence electrons. The van der Waals surface area contributed by atoms with Crippen molar-refractivity contribution in [1.82, 2.24) is 4.98 Å². The number of methoxy groups -OCH3 is 1. The van der Waals surface area contributed by atoms with Gasteiger partial charge in [-0.15, -0.1) is 0 Å².